The fraction of sp³-hybridized carbons (Fsp3) is 0.520. The Morgan fingerprint density at radius 2 is 1.81 bits per heavy atom. The molecule has 2 aliphatic rings. The fourth-order valence-electron chi connectivity index (χ4n) is 4.41. The van der Waals surface area contributed by atoms with Gasteiger partial charge in [-0.3, -0.25) is 4.79 Å². The molecule has 0 saturated carbocycles. The maximum absolute atomic E-state index is 13.4. The van der Waals surface area contributed by atoms with Crippen LogP contribution >= 0.6 is 11.8 Å². The monoisotopic (exact) mass is 456 g/mol. The van der Waals surface area contributed by atoms with Crippen molar-refractivity contribution < 1.29 is 19.0 Å². The minimum absolute atomic E-state index is 0.0767. The molecule has 1 aromatic carbocycles. The lowest BCUT2D eigenvalue weighted by molar-refractivity contribution is -0.118. The summed E-state index contributed by atoms with van der Waals surface area (Å²) in [4.78, 5) is 13.4. The molecule has 0 spiro atoms. The highest BCUT2D eigenvalue weighted by molar-refractivity contribution is 8.03. The minimum Gasteiger partial charge on any atom is -0.493 e. The molecule has 32 heavy (non-hydrogen) atoms. The fourth-order valence-corrected chi connectivity index (χ4v) is 5.56. The summed E-state index contributed by atoms with van der Waals surface area (Å²) in [7, 11) is 4.69. The van der Waals surface area contributed by atoms with Crippen molar-refractivity contribution in [1.29, 1.82) is 5.26 Å². The molecule has 0 fully saturated rings. The summed E-state index contributed by atoms with van der Waals surface area (Å²) < 4.78 is 16.6. The first kappa shape index (κ1) is 24.1. The Hall–Kier alpha value is -2.59. The van der Waals surface area contributed by atoms with Crippen molar-refractivity contribution in [3.8, 4) is 23.3 Å². The Morgan fingerprint density at radius 3 is 2.34 bits per heavy atom. The number of hydrogen-bond donors (Lipinski definition) is 1. The zero-order valence-corrected chi connectivity index (χ0v) is 20.6. The number of hydrogen-bond acceptors (Lipinski definition) is 7. The quantitative estimate of drug-likeness (QED) is 0.531. The SMILES string of the molecule is CCCCSC1=C(C#N)[C@H](c2cc(OC)c(OC)c(OC)c2)C2=C(CC(C)(C)CC2=O)N1. The summed E-state index contributed by atoms with van der Waals surface area (Å²) in [6, 6.07) is 6.10. The van der Waals surface area contributed by atoms with Gasteiger partial charge in [0.2, 0.25) is 5.75 Å². The molecule has 0 bridgehead atoms. The molecule has 7 heteroatoms. The molecule has 172 valence electrons. The molecule has 1 aromatic rings. The van der Waals surface area contributed by atoms with Crippen molar-refractivity contribution in [3.63, 3.8) is 0 Å². The number of ether oxygens (including phenoxy) is 3. The summed E-state index contributed by atoms with van der Waals surface area (Å²) >= 11 is 1.65. The third kappa shape index (κ3) is 4.61. The zero-order chi connectivity index (χ0) is 23.5. The number of carbonyl (C=O) groups is 1. The smallest absolute Gasteiger partial charge is 0.203 e. The first-order valence-corrected chi connectivity index (χ1v) is 11.9. The number of nitriles is 1. The Bertz CT molecular complexity index is 979. The summed E-state index contributed by atoms with van der Waals surface area (Å²) in [5.41, 5.74) is 2.81. The predicted molar refractivity (Wildman–Crippen MR) is 127 cm³/mol. The molecule has 0 saturated heterocycles. The van der Waals surface area contributed by atoms with Crippen LogP contribution < -0.4 is 19.5 Å². The first-order valence-electron chi connectivity index (χ1n) is 10.9. The van der Waals surface area contributed by atoms with E-state index in [1.807, 2.05) is 12.1 Å². The lowest BCUT2D eigenvalue weighted by Gasteiger charge is -2.39. The van der Waals surface area contributed by atoms with Crippen molar-refractivity contribution >= 4 is 17.5 Å². The topological polar surface area (TPSA) is 80.6 Å². The first-order chi connectivity index (χ1) is 15.3. The number of unbranched alkanes of at least 4 members (excludes halogenated alkanes) is 1. The van der Waals surface area contributed by atoms with Gasteiger partial charge >= 0.3 is 0 Å². The number of methoxy groups -OCH3 is 3. The van der Waals surface area contributed by atoms with Crippen molar-refractivity contribution in [2.24, 2.45) is 5.41 Å². The second-order valence-corrected chi connectivity index (χ2v) is 10.0. The van der Waals surface area contributed by atoms with Crippen LogP contribution in [-0.4, -0.2) is 32.9 Å². The second-order valence-electron chi connectivity index (χ2n) is 8.91. The average molecular weight is 457 g/mol. The van der Waals surface area contributed by atoms with E-state index in [0.29, 0.717) is 34.8 Å². The number of rotatable bonds is 8. The molecule has 0 unspecified atom stereocenters. The summed E-state index contributed by atoms with van der Waals surface area (Å²) in [6.07, 6.45) is 3.34. The van der Waals surface area contributed by atoms with Gasteiger partial charge in [0, 0.05) is 17.7 Å². The van der Waals surface area contributed by atoms with Gasteiger partial charge in [-0.25, -0.2) is 0 Å². The minimum atomic E-state index is -0.474. The zero-order valence-electron chi connectivity index (χ0n) is 19.8. The molecular weight excluding hydrogens is 424 g/mol. The van der Waals surface area contributed by atoms with Crippen LogP contribution in [0, 0.1) is 16.7 Å². The van der Waals surface area contributed by atoms with Crippen LogP contribution in [-0.2, 0) is 4.79 Å². The number of nitrogens with one attached hydrogen (secondary N) is 1. The van der Waals surface area contributed by atoms with E-state index < -0.39 is 5.92 Å². The van der Waals surface area contributed by atoms with Crippen LogP contribution in [0.15, 0.2) is 34.0 Å². The number of Topliss-reactive ketones (excluding diaryl/α,β-unsaturated/α-hetero) is 1. The van der Waals surface area contributed by atoms with Crippen molar-refractivity contribution in [2.45, 2.75) is 52.4 Å². The Morgan fingerprint density at radius 1 is 1.16 bits per heavy atom. The molecule has 1 aliphatic carbocycles. The lowest BCUT2D eigenvalue weighted by atomic mass is 9.69. The van der Waals surface area contributed by atoms with E-state index in [1.54, 1.807) is 33.1 Å². The summed E-state index contributed by atoms with van der Waals surface area (Å²) in [5, 5.41) is 14.5. The highest BCUT2D eigenvalue weighted by Gasteiger charge is 2.42. The third-order valence-electron chi connectivity index (χ3n) is 5.89. The Kier molecular flexibility index (Phi) is 7.45. The Balaban J connectivity index is 2.22. The predicted octanol–water partition coefficient (Wildman–Crippen LogP) is 5.31. The number of thioether (sulfide) groups is 1. The summed E-state index contributed by atoms with van der Waals surface area (Å²) in [5.74, 6) is 2.00. The van der Waals surface area contributed by atoms with Crippen molar-refractivity contribution in [1.82, 2.24) is 5.32 Å². The van der Waals surface area contributed by atoms with Gasteiger partial charge < -0.3 is 19.5 Å². The van der Waals surface area contributed by atoms with Gasteiger partial charge in [0.05, 0.1) is 43.9 Å². The van der Waals surface area contributed by atoms with E-state index in [0.717, 1.165) is 41.3 Å². The highest BCUT2D eigenvalue weighted by atomic mass is 32.2. The molecule has 1 atom stereocenters. The van der Waals surface area contributed by atoms with Crippen molar-refractivity contribution in [3.05, 3.63) is 39.6 Å². The molecule has 6 nitrogen and oxygen atoms in total. The summed E-state index contributed by atoms with van der Waals surface area (Å²) in [6.45, 7) is 6.37. The van der Waals surface area contributed by atoms with Crippen molar-refractivity contribution in [2.75, 3.05) is 27.1 Å². The van der Waals surface area contributed by atoms with Gasteiger partial charge in [0.25, 0.3) is 0 Å². The standard InChI is InChI=1S/C25H32N2O4S/c1-7-8-9-32-24-16(14-26)21(22-17(27-24)12-25(2,3)13-18(22)28)15-10-19(29-4)23(31-6)20(11-15)30-5/h10-11,21,27H,7-9,12-13H2,1-6H3/t21-/m0/s1. The number of benzene rings is 1. The van der Waals surface area contributed by atoms with Crippen LogP contribution in [0.4, 0.5) is 0 Å². The molecule has 1 N–H and O–H groups in total. The molecule has 1 aliphatic heterocycles. The van der Waals surface area contributed by atoms with Crippen LogP contribution in [0.1, 0.15) is 57.9 Å². The molecule has 0 aromatic heterocycles. The second kappa shape index (κ2) is 9.91. The average Bonchev–Trinajstić information content (AvgIpc) is 2.76. The number of nitrogens with zero attached hydrogens (tertiary/aromatic N) is 1. The van der Waals surface area contributed by atoms with E-state index in [-0.39, 0.29) is 11.2 Å². The largest absolute Gasteiger partial charge is 0.493 e. The molecule has 0 amide bonds. The Labute approximate surface area is 195 Å². The van der Waals surface area contributed by atoms with Gasteiger partial charge in [0.15, 0.2) is 17.3 Å². The molecule has 0 radical (unpaired) electrons. The highest BCUT2D eigenvalue weighted by Crippen LogP contribution is 2.50. The number of dihydropyridines is 1. The van der Waals surface area contributed by atoms with E-state index in [9.17, 15) is 10.1 Å². The number of ketones is 1. The van der Waals surface area contributed by atoms with Crippen LogP contribution in [0.25, 0.3) is 0 Å². The van der Waals surface area contributed by atoms with Gasteiger partial charge in [-0.05, 0) is 41.7 Å². The molecular formula is C25H32N2O4S. The van der Waals surface area contributed by atoms with Gasteiger partial charge in [0.1, 0.15) is 0 Å². The third-order valence-corrected chi connectivity index (χ3v) is 6.99. The van der Waals surface area contributed by atoms with Gasteiger partial charge in [-0.15, -0.1) is 11.8 Å². The maximum atomic E-state index is 13.4. The molecule has 3 rings (SSSR count). The van der Waals surface area contributed by atoms with Crippen LogP contribution in [0.3, 0.4) is 0 Å². The van der Waals surface area contributed by atoms with Gasteiger partial charge in [-0.2, -0.15) is 5.26 Å². The van der Waals surface area contributed by atoms with Crippen LogP contribution in [0.2, 0.25) is 0 Å². The van der Waals surface area contributed by atoms with E-state index in [1.165, 1.54) is 0 Å². The van der Waals surface area contributed by atoms with E-state index in [4.69, 9.17) is 14.2 Å². The normalized spacial score (nSPS) is 19.8. The number of carbonyl (C=O) groups excluding carboxylic acids is 1. The maximum Gasteiger partial charge on any atom is 0.203 e. The van der Waals surface area contributed by atoms with Gasteiger partial charge in [-0.1, -0.05) is 27.2 Å². The number of allylic oxidation sites excluding steroid dienone is 3. The van der Waals surface area contributed by atoms with Crippen LogP contribution in [0.5, 0.6) is 17.2 Å². The molecule has 1 heterocycles. The van der Waals surface area contributed by atoms with E-state index in [2.05, 4.69) is 32.2 Å². The van der Waals surface area contributed by atoms with E-state index >= 15 is 0 Å². The lowest BCUT2D eigenvalue weighted by Crippen LogP contribution is -2.37.